The third-order valence-electron chi connectivity index (χ3n) is 2.69. The molecule has 3 nitrogen and oxygen atoms in total. The van der Waals surface area contributed by atoms with E-state index in [2.05, 4.69) is 17.6 Å². The quantitative estimate of drug-likeness (QED) is 0.801. The number of benzene rings is 2. The average Bonchev–Trinajstić information content (AvgIpc) is 2.49. The average molecular weight is 304 g/mol. The van der Waals surface area contributed by atoms with E-state index < -0.39 is 0 Å². The zero-order chi connectivity index (χ0) is 15.1. The van der Waals surface area contributed by atoms with Crippen LogP contribution in [-0.2, 0) is 0 Å². The molecule has 2 aromatic rings. The van der Waals surface area contributed by atoms with Crippen molar-refractivity contribution in [3.63, 3.8) is 0 Å². The molecule has 2 N–H and O–H groups in total. The molecule has 2 aromatic carbocycles. The van der Waals surface area contributed by atoms with E-state index in [1.807, 2.05) is 24.3 Å². The molecular weight excluding hydrogens is 287 g/mol. The van der Waals surface area contributed by atoms with Crippen LogP contribution in [0.4, 0.5) is 15.8 Å². The van der Waals surface area contributed by atoms with Crippen molar-refractivity contribution in [3.8, 4) is 5.75 Å². The van der Waals surface area contributed by atoms with Gasteiger partial charge in [-0.3, -0.25) is 0 Å². The van der Waals surface area contributed by atoms with Crippen molar-refractivity contribution < 1.29 is 9.13 Å². The predicted molar refractivity (Wildman–Crippen MR) is 88.5 cm³/mol. The minimum absolute atomic E-state index is 0.276. The van der Waals surface area contributed by atoms with Crippen LogP contribution < -0.4 is 15.4 Å². The van der Waals surface area contributed by atoms with Gasteiger partial charge in [-0.15, -0.1) is 0 Å². The third-order valence-corrected chi connectivity index (χ3v) is 2.89. The summed E-state index contributed by atoms with van der Waals surface area (Å²) < 4.78 is 18.3. The molecule has 0 saturated heterocycles. The Morgan fingerprint density at radius 1 is 1.00 bits per heavy atom. The molecule has 0 radical (unpaired) electrons. The topological polar surface area (TPSA) is 33.3 Å². The first-order valence-electron chi connectivity index (χ1n) is 6.74. The summed E-state index contributed by atoms with van der Waals surface area (Å²) in [4.78, 5) is 0. The standard InChI is InChI=1S/C16H17FN2OS/c1-2-11-20-15-9-7-14(8-10-15)19-16(21)18-13-5-3-12(17)4-6-13/h3-10H,2,11H2,1H3,(H2,18,19,21). The lowest BCUT2D eigenvalue weighted by atomic mass is 10.3. The van der Waals surface area contributed by atoms with E-state index >= 15 is 0 Å². The maximum atomic E-state index is 12.8. The second kappa shape index (κ2) is 7.59. The van der Waals surface area contributed by atoms with Crippen molar-refractivity contribution in [3.05, 3.63) is 54.3 Å². The lowest BCUT2D eigenvalue weighted by Crippen LogP contribution is -2.18. The van der Waals surface area contributed by atoms with E-state index in [-0.39, 0.29) is 5.82 Å². The summed E-state index contributed by atoms with van der Waals surface area (Å²) in [7, 11) is 0. The highest BCUT2D eigenvalue weighted by molar-refractivity contribution is 7.80. The van der Waals surface area contributed by atoms with Gasteiger partial charge < -0.3 is 15.4 Å². The Bertz CT molecular complexity index is 584. The Kier molecular flexibility index (Phi) is 5.51. The summed E-state index contributed by atoms with van der Waals surface area (Å²) in [6.07, 6.45) is 0.978. The molecule has 0 unspecified atom stereocenters. The van der Waals surface area contributed by atoms with Gasteiger partial charge in [-0.05, 0) is 67.2 Å². The molecule has 0 fully saturated rings. The minimum Gasteiger partial charge on any atom is -0.494 e. The Labute approximate surface area is 129 Å². The second-order valence-corrected chi connectivity index (χ2v) is 4.87. The van der Waals surface area contributed by atoms with E-state index in [1.165, 1.54) is 12.1 Å². The largest absolute Gasteiger partial charge is 0.494 e. The lowest BCUT2D eigenvalue weighted by molar-refractivity contribution is 0.317. The van der Waals surface area contributed by atoms with Crippen LogP contribution in [0.25, 0.3) is 0 Å². The van der Waals surface area contributed by atoms with E-state index in [1.54, 1.807) is 12.1 Å². The fourth-order valence-electron chi connectivity index (χ4n) is 1.68. The number of ether oxygens (including phenoxy) is 1. The molecule has 0 atom stereocenters. The van der Waals surface area contributed by atoms with Gasteiger partial charge in [0.15, 0.2) is 5.11 Å². The predicted octanol–water partition coefficient (Wildman–Crippen LogP) is 4.42. The summed E-state index contributed by atoms with van der Waals surface area (Å²) >= 11 is 5.21. The molecular formula is C16H17FN2OS. The molecule has 2 rings (SSSR count). The molecule has 0 spiro atoms. The SMILES string of the molecule is CCCOc1ccc(NC(=S)Nc2ccc(F)cc2)cc1. The van der Waals surface area contributed by atoms with Gasteiger partial charge in [0.25, 0.3) is 0 Å². The van der Waals surface area contributed by atoms with Gasteiger partial charge in [0.05, 0.1) is 6.61 Å². The number of hydrogen-bond donors (Lipinski definition) is 2. The third kappa shape index (κ3) is 5.04. The summed E-state index contributed by atoms with van der Waals surface area (Å²) in [5.41, 5.74) is 1.59. The minimum atomic E-state index is -0.276. The van der Waals surface area contributed by atoms with Crippen molar-refractivity contribution >= 4 is 28.7 Å². The van der Waals surface area contributed by atoms with Crippen molar-refractivity contribution in [2.24, 2.45) is 0 Å². The number of hydrogen-bond acceptors (Lipinski definition) is 2. The lowest BCUT2D eigenvalue weighted by Gasteiger charge is -2.11. The van der Waals surface area contributed by atoms with Crippen LogP contribution in [0.3, 0.4) is 0 Å². The number of halogens is 1. The molecule has 0 aliphatic rings. The van der Waals surface area contributed by atoms with Gasteiger partial charge in [-0.1, -0.05) is 6.92 Å². The first kappa shape index (κ1) is 15.3. The molecule has 0 bridgehead atoms. The van der Waals surface area contributed by atoms with E-state index in [9.17, 15) is 4.39 Å². The molecule has 21 heavy (non-hydrogen) atoms. The van der Waals surface area contributed by atoms with Crippen LogP contribution in [0.1, 0.15) is 13.3 Å². The summed E-state index contributed by atoms with van der Waals surface area (Å²) in [5, 5.41) is 6.50. The van der Waals surface area contributed by atoms with E-state index in [4.69, 9.17) is 17.0 Å². The van der Waals surface area contributed by atoms with Gasteiger partial charge in [0.2, 0.25) is 0 Å². The fourth-order valence-corrected chi connectivity index (χ4v) is 1.92. The second-order valence-electron chi connectivity index (χ2n) is 4.46. The zero-order valence-electron chi connectivity index (χ0n) is 11.7. The van der Waals surface area contributed by atoms with Gasteiger partial charge in [0, 0.05) is 11.4 Å². The maximum absolute atomic E-state index is 12.8. The van der Waals surface area contributed by atoms with Crippen molar-refractivity contribution in [1.82, 2.24) is 0 Å². The van der Waals surface area contributed by atoms with Crippen molar-refractivity contribution in [2.75, 3.05) is 17.2 Å². The highest BCUT2D eigenvalue weighted by Gasteiger charge is 2.00. The molecule has 0 amide bonds. The van der Waals surface area contributed by atoms with Crippen LogP contribution in [0.5, 0.6) is 5.75 Å². The normalized spacial score (nSPS) is 10.0. The Morgan fingerprint density at radius 3 is 2.05 bits per heavy atom. The first-order valence-corrected chi connectivity index (χ1v) is 7.14. The number of anilines is 2. The number of rotatable bonds is 5. The Balaban J connectivity index is 1.88. The van der Waals surface area contributed by atoms with Crippen molar-refractivity contribution in [2.45, 2.75) is 13.3 Å². The molecule has 0 aromatic heterocycles. The first-order chi connectivity index (χ1) is 10.2. The molecule has 0 aliphatic heterocycles. The van der Waals surface area contributed by atoms with Gasteiger partial charge in [-0.25, -0.2) is 4.39 Å². The maximum Gasteiger partial charge on any atom is 0.175 e. The van der Waals surface area contributed by atoms with Crippen molar-refractivity contribution in [1.29, 1.82) is 0 Å². The van der Waals surface area contributed by atoms with Gasteiger partial charge in [0.1, 0.15) is 11.6 Å². The Hall–Kier alpha value is -2.14. The monoisotopic (exact) mass is 304 g/mol. The zero-order valence-corrected chi connectivity index (χ0v) is 12.5. The van der Waals surface area contributed by atoms with E-state index in [0.29, 0.717) is 11.7 Å². The van der Waals surface area contributed by atoms with Crippen LogP contribution >= 0.6 is 12.2 Å². The summed E-state index contributed by atoms with van der Waals surface area (Å²) in [6.45, 7) is 2.77. The smallest absolute Gasteiger partial charge is 0.175 e. The number of thiocarbonyl (C=S) groups is 1. The number of nitrogens with one attached hydrogen (secondary N) is 2. The Morgan fingerprint density at radius 2 is 1.52 bits per heavy atom. The fraction of sp³-hybridized carbons (Fsp3) is 0.188. The summed E-state index contributed by atoms with van der Waals surface area (Å²) in [5.74, 6) is 0.557. The van der Waals surface area contributed by atoms with Crippen LogP contribution in [0.2, 0.25) is 0 Å². The molecule has 110 valence electrons. The molecule has 0 saturated carbocycles. The van der Waals surface area contributed by atoms with E-state index in [0.717, 1.165) is 23.5 Å². The molecule has 0 aliphatic carbocycles. The molecule has 0 heterocycles. The van der Waals surface area contributed by atoms with Crippen LogP contribution in [-0.4, -0.2) is 11.7 Å². The molecule has 5 heteroatoms. The highest BCUT2D eigenvalue weighted by Crippen LogP contribution is 2.16. The van der Waals surface area contributed by atoms with Gasteiger partial charge >= 0.3 is 0 Å². The van der Waals surface area contributed by atoms with Crippen LogP contribution in [0.15, 0.2) is 48.5 Å². The highest BCUT2D eigenvalue weighted by atomic mass is 32.1. The summed E-state index contributed by atoms with van der Waals surface area (Å²) in [6, 6.07) is 13.6. The van der Waals surface area contributed by atoms with Gasteiger partial charge in [-0.2, -0.15) is 0 Å². The van der Waals surface area contributed by atoms with Crippen LogP contribution in [0, 0.1) is 5.82 Å².